The summed E-state index contributed by atoms with van der Waals surface area (Å²) in [5, 5.41) is 12.2. The van der Waals surface area contributed by atoms with Gasteiger partial charge >= 0.3 is 0 Å². The van der Waals surface area contributed by atoms with Gasteiger partial charge in [-0.2, -0.15) is 5.10 Å². The standard InChI is InChI=1S/C8H13N5O/c9-7-6(4-11-13-7)12-5-2-1-3-10-8(5)14/h4-5,12H,1-3H2,(H,10,14)(H3,9,11,13). The molecule has 0 aliphatic carbocycles. The molecule has 0 saturated carbocycles. The maximum atomic E-state index is 11.4. The highest BCUT2D eigenvalue weighted by Gasteiger charge is 2.22. The number of nitrogens with two attached hydrogens (primary N) is 1. The summed E-state index contributed by atoms with van der Waals surface area (Å²) in [5.41, 5.74) is 6.28. The molecule has 0 spiro atoms. The van der Waals surface area contributed by atoms with Crippen molar-refractivity contribution in [2.75, 3.05) is 17.6 Å². The van der Waals surface area contributed by atoms with Crippen molar-refractivity contribution in [2.45, 2.75) is 18.9 Å². The van der Waals surface area contributed by atoms with Crippen LogP contribution in [-0.2, 0) is 4.79 Å². The van der Waals surface area contributed by atoms with Crippen molar-refractivity contribution < 1.29 is 4.79 Å². The van der Waals surface area contributed by atoms with E-state index in [9.17, 15) is 4.79 Å². The molecule has 5 N–H and O–H groups in total. The molecule has 14 heavy (non-hydrogen) atoms. The molecule has 76 valence electrons. The zero-order valence-electron chi connectivity index (χ0n) is 7.71. The molecule has 1 aliphatic rings. The molecule has 1 amide bonds. The van der Waals surface area contributed by atoms with Crippen molar-refractivity contribution in [2.24, 2.45) is 0 Å². The van der Waals surface area contributed by atoms with Gasteiger partial charge in [-0.3, -0.25) is 9.89 Å². The van der Waals surface area contributed by atoms with Gasteiger partial charge in [0.15, 0.2) is 0 Å². The average molecular weight is 195 g/mol. The van der Waals surface area contributed by atoms with Gasteiger partial charge in [0.2, 0.25) is 5.91 Å². The van der Waals surface area contributed by atoms with E-state index in [1.54, 1.807) is 6.20 Å². The molecular formula is C8H13N5O. The van der Waals surface area contributed by atoms with Gasteiger partial charge < -0.3 is 16.4 Å². The van der Waals surface area contributed by atoms with E-state index >= 15 is 0 Å². The van der Waals surface area contributed by atoms with Gasteiger partial charge in [0.05, 0.1) is 11.9 Å². The Hall–Kier alpha value is -1.72. The summed E-state index contributed by atoms with van der Waals surface area (Å²) in [6, 6.07) is -0.191. The van der Waals surface area contributed by atoms with Crippen LogP contribution in [0.3, 0.4) is 0 Å². The Morgan fingerprint density at radius 2 is 2.50 bits per heavy atom. The Morgan fingerprint density at radius 1 is 1.64 bits per heavy atom. The van der Waals surface area contributed by atoms with Gasteiger partial charge in [-0.25, -0.2) is 0 Å². The van der Waals surface area contributed by atoms with Gasteiger partial charge in [-0.05, 0) is 12.8 Å². The minimum absolute atomic E-state index is 0.0249. The zero-order chi connectivity index (χ0) is 9.97. The summed E-state index contributed by atoms with van der Waals surface area (Å²) in [5.74, 6) is 0.486. The number of piperidine rings is 1. The SMILES string of the molecule is Nc1[nH]ncc1NC1CCCNC1=O. The fourth-order valence-corrected chi connectivity index (χ4v) is 1.51. The first-order chi connectivity index (χ1) is 6.77. The first-order valence-electron chi connectivity index (χ1n) is 4.60. The number of nitrogen functional groups attached to an aromatic ring is 1. The van der Waals surface area contributed by atoms with E-state index in [0.29, 0.717) is 11.5 Å². The number of anilines is 2. The number of nitrogens with zero attached hydrogens (tertiary/aromatic N) is 1. The second-order valence-electron chi connectivity index (χ2n) is 3.33. The molecule has 1 saturated heterocycles. The third-order valence-electron chi connectivity index (χ3n) is 2.28. The highest BCUT2D eigenvalue weighted by Crippen LogP contribution is 2.17. The first-order valence-corrected chi connectivity index (χ1v) is 4.60. The Labute approximate surface area is 81.2 Å². The second kappa shape index (κ2) is 3.57. The van der Waals surface area contributed by atoms with E-state index in [4.69, 9.17) is 5.73 Å². The fourth-order valence-electron chi connectivity index (χ4n) is 1.51. The molecule has 2 rings (SSSR count). The van der Waals surface area contributed by atoms with Crippen molar-refractivity contribution in [3.8, 4) is 0 Å². The lowest BCUT2D eigenvalue weighted by molar-refractivity contribution is -0.123. The van der Waals surface area contributed by atoms with Crippen LogP contribution in [0.1, 0.15) is 12.8 Å². The van der Waals surface area contributed by atoms with Crippen LogP contribution in [0.15, 0.2) is 6.20 Å². The predicted octanol–water partition coefficient (Wildman–Crippen LogP) is -0.318. The van der Waals surface area contributed by atoms with E-state index in [1.807, 2.05) is 0 Å². The minimum atomic E-state index is -0.191. The molecule has 1 atom stereocenters. The second-order valence-corrected chi connectivity index (χ2v) is 3.33. The summed E-state index contributed by atoms with van der Waals surface area (Å²) in [6.07, 6.45) is 3.40. The van der Waals surface area contributed by atoms with Crippen LogP contribution in [0.4, 0.5) is 11.5 Å². The summed E-state index contributed by atoms with van der Waals surface area (Å²) >= 11 is 0. The van der Waals surface area contributed by atoms with Gasteiger partial charge in [-0.15, -0.1) is 0 Å². The van der Waals surface area contributed by atoms with Gasteiger partial charge in [0.1, 0.15) is 11.9 Å². The summed E-state index contributed by atoms with van der Waals surface area (Å²) < 4.78 is 0. The number of H-pyrrole nitrogens is 1. The van der Waals surface area contributed by atoms with Crippen LogP contribution in [0, 0.1) is 0 Å². The third kappa shape index (κ3) is 1.63. The maximum Gasteiger partial charge on any atom is 0.242 e. The van der Waals surface area contributed by atoms with E-state index in [1.165, 1.54) is 0 Å². The number of aromatic nitrogens is 2. The number of hydrogen-bond acceptors (Lipinski definition) is 4. The number of carbonyl (C=O) groups excluding carboxylic acids is 1. The van der Waals surface area contributed by atoms with E-state index in [0.717, 1.165) is 19.4 Å². The number of amides is 1. The van der Waals surface area contributed by atoms with E-state index in [-0.39, 0.29) is 11.9 Å². The topological polar surface area (TPSA) is 95.8 Å². The van der Waals surface area contributed by atoms with Crippen molar-refractivity contribution in [1.82, 2.24) is 15.5 Å². The number of hydrogen-bond donors (Lipinski definition) is 4. The molecule has 6 nitrogen and oxygen atoms in total. The quantitative estimate of drug-likeness (QED) is 0.520. The van der Waals surface area contributed by atoms with E-state index in [2.05, 4.69) is 20.8 Å². The Morgan fingerprint density at radius 3 is 3.14 bits per heavy atom. The van der Waals surface area contributed by atoms with Gasteiger partial charge in [0, 0.05) is 6.54 Å². The predicted molar refractivity (Wildman–Crippen MR) is 52.7 cm³/mol. The van der Waals surface area contributed by atoms with Crippen molar-refractivity contribution in [3.05, 3.63) is 6.20 Å². The molecule has 0 radical (unpaired) electrons. The number of carbonyl (C=O) groups is 1. The molecule has 0 bridgehead atoms. The maximum absolute atomic E-state index is 11.4. The lowest BCUT2D eigenvalue weighted by Gasteiger charge is -2.23. The number of aromatic amines is 1. The monoisotopic (exact) mass is 195 g/mol. The number of nitrogens with one attached hydrogen (secondary N) is 3. The Bertz CT molecular complexity index is 334. The largest absolute Gasteiger partial charge is 0.382 e. The molecule has 1 aliphatic heterocycles. The lowest BCUT2D eigenvalue weighted by Crippen LogP contribution is -2.44. The molecule has 2 heterocycles. The Balaban J connectivity index is 2.03. The Kier molecular flexibility index (Phi) is 2.26. The summed E-state index contributed by atoms with van der Waals surface area (Å²) in [7, 11) is 0. The molecule has 1 aromatic heterocycles. The summed E-state index contributed by atoms with van der Waals surface area (Å²) in [6.45, 7) is 0.762. The van der Waals surface area contributed by atoms with E-state index < -0.39 is 0 Å². The molecule has 1 unspecified atom stereocenters. The van der Waals surface area contributed by atoms with Crippen molar-refractivity contribution >= 4 is 17.4 Å². The highest BCUT2D eigenvalue weighted by molar-refractivity contribution is 5.86. The third-order valence-corrected chi connectivity index (χ3v) is 2.28. The molecule has 6 heteroatoms. The van der Waals surface area contributed by atoms with Crippen LogP contribution >= 0.6 is 0 Å². The minimum Gasteiger partial charge on any atom is -0.382 e. The zero-order valence-corrected chi connectivity index (χ0v) is 7.71. The first kappa shape index (κ1) is 8.86. The molecule has 1 fully saturated rings. The van der Waals surface area contributed by atoms with Gasteiger partial charge in [0.25, 0.3) is 0 Å². The molecule has 0 aromatic carbocycles. The van der Waals surface area contributed by atoms with Crippen LogP contribution < -0.4 is 16.4 Å². The van der Waals surface area contributed by atoms with Gasteiger partial charge in [-0.1, -0.05) is 0 Å². The summed E-state index contributed by atoms with van der Waals surface area (Å²) in [4.78, 5) is 11.4. The average Bonchev–Trinajstić information content (AvgIpc) is 2.56. The fraction of sp³-hybridized carbons (Fsp3) is 0.500. The highest BCUT2D eigenvalue weighted by atomic mass is 16.2. The van der Waals surface area contributed by atoms with Crippen LogP contribution in [-0.4, -0.2) is 28.7 Å². The van der Waals surface area contributed by atoms with Crippen LogP contribution in [0.5, 0.6) is 0 Å². The molecular weight excluding hydrogens is 182 g/mol. The van der Waals surface area contributed by atoms with Crippen molar-refractivity contribution in [3.63, 3.8) is 0 Å². The van der Waals surface area contributed by atoms with Crippen molar-refractivity contribution in [1.29, 1.82) is 0 Å². The number of rotatable bonds is 2. The smallest absolute Gasteiger partial charge is 0.242 e. The van der Waals surface area contributed by atoms with Crippen LogP contribution in [0.2, 0.25) is 0 Å². The van der Waals surface area contributed by atoms with Crippen LogP contribution in [0.25, 0.3) is 0 Å². The lowest BCUT2D eigenvalue weighted by atomic mass is 10.1. The molecule has 1 aromatic rings. The normalized spacial score (nSPS) is 21.7.